The Hall–Kier alpha value is -1.15. The van der Waals surface area contributed by atoms with Crippen molar-refractivity contribution in [3.63, 3.8) is 0 Å². The van der Waals surface area contributed by atoms with Gasteiger partial charge in [-0.3, -0.25) is 0 Å². The van der Waals surface area contributed by atoms with Gasteiger partial charge in [0, 0.05) is 25.9 Å². The number of fused-ring (bicyclic) bond motifs is 1. The summed E-state index contributed by atoms with van der Waals surface area (Å²) in [6.07, 6.45) is 1.99. The summed E-state index contributed by atoms with van der Waals surface area (Å²) in [7, 11) is -1.08. The molecular weight excluding hydrogens is 344 g/mol. The molecule has 2 aromatic heterocycles. The van der Waals surface area contributed by atoms with Gasteiger partial charge in [-0.15, -0.1) is 14.1 Å². The molecule has 133 valence electrons. The van der Waals surface area contributed by atoms with Gasteiger partial charge in [0.1, 0.15) is 12.2 Å². The lowest BCUT2D eigenvalue weighted by Gasteiger charge is -2.29. The summed E-state index contributed by atoms with van der Waals surface area (Å²) >= 11 is 6.11. The number of ether oxygens (including phenoxy) is 2. The van der Waals surface area contributed by atoms with Crippen LogP contribution in [0.15, 0.2) is 12.3 Å². The second kappa shape index (κ2) is 7.39. The van der Waals surface area contributed by atoms with Crippen molar-refractivity contribution >= 4 is 36.5 Å². The lowest BCUT2D eigenvalue weighted by molar-refractivity contribution is 0.0901. The highest BCUT2D eigenvalue weighted by molar-refractivity contribution is 6.76. The molecule has 1 aliphatic heterocycles. The third kappa shape index (κ3) is 4.27. The molecule has 24 heavy (non-hydrogen) atoms. The van der Waals surface area contributed by atoms with Gasteiger partial charge in [-0.1, -0.05) is 0 Å². The van der Waals surface area contributed by atoms with Gasteiger partial charge in [-0.05, 0) is 17.7 Å². The zero-order valence-electron chi connectivity index (χ0n) is 14.6. The lowest BCUT2D eigenvalue weighted by atomic mass is 10.3. The Morgan fingerprint density at radius 1 is 1.25 bits per heavy atom. The molecule has 1 fully saturated rings. The number of rotatable bonds is 6. The van der Waals surface area contributed by atoms with Crippen LogP contribution in [-0.2, 0) is 16.2 Å². The van der Waals surface area contributed by atoms with Gasteiger partial charge >= 0.3 is 0 Å². The van der Waals surface area contributed by atoms with Crippen molar-refractivity contribution < 1.29 is 9.47 Å². The van der Waals surface area contributed by atoms with E-state index in [0.717, 1.165) is 42.6 Å². The summed E-state index contributed by atoms with van der Waals surface area (Å²) in [6.45, 7) is 11.4. The number of nitrogens with zero attached hydrogens (tertiary/aromatic N) is 4. The van der Waals surface area contributed by atoms with Gasteiger partial charge in [0.05, 0.1) is 18.7 Å². The van der Waals surface area contributed by atoms with Crippen LogP contribution in [0.5, 0.6) is 0 Å². The normalized spacial score (nSPS) is 16.1. The van der Waals surface area contributed by atoms with Crippen molar-refractivity contribution in [2.45, 2.75) is 32.4 Å². The minimum absolute atomic E-state index is 0.279. The second-order valence-electron chi connectivity index (χ2n) is 7.28. The molecule has 0 aliphatic carbocycles. The van der Waals surface area contributed by atoms with Crippen LogP contribution in [0.3, 0.4) is 0 Å². The smallest absolute Gasteiger partial charge is 0.225 e. The Labute approximate surface area is 148 Å². The number of morpholine rings is 1. The van der Waals surface area contributed by atoms with E-state index in [1.54, 1.807) is 0 Å². The van der Waals surface area contributed by atoms with Gasteiger partial charge in [-0.2, -0.15) is 24.6 Å². The molecule has 0 atom stereocenters. The van der Waals surface area contributed by atoms with Gasteiger partial charge in [0.15, 0.2) is 5.82 Å². The highest BCUT2D eigenvalue weighted by atomic mass is 35.5. The molecule has 2 aromatic rings. The maximum atomic E-state index is 6.11. The topological polar surface area (TPSA) is 52.4 Å². The summed E-state index contributed by atoms with van der Waals surface area (Å²) in [5.41, 5.74) is 1.83. The standard InChI is InChI=1S/C16H25ClN4O2Si/c1-24(2,3)11-10-23-12-21-5-4-13-14(21)15(19-16(17)18-13)20-6-8-22-9-7-20/h4-5H,6-12H2,1-3H3/q-1. The minimum Gasteiger partial charge on any atom is -0.378 e. The molecule has 0 radical (unpaired) electrons. The van der Waals surface area contributed by atoms with Crippen molar-refractivity contribution in [1.29, 1.82) is 0 Å². The first-order valence-corrected chi connectivity index (χ1v) is 12.5. The van der Waals surface area contributed by atoms with Gasteiger partial charge in [-0.25, -0.2) is 4.98 Å². The molecule has 0 saturated carbocycles. The lowest BCUT2D eigenvalue weighted by Crippen LogP contribution is -2.37. The van der Waals surface area contributed by atoms with Crippen molar-refractivity contribution in [2.75, 3.05) is 37.8 Å². The van der Waals surface area contributed by atoms with Gasteiger partial charge in [0.25, 0.3) is 0 Å². The van der Waals surface area contributed by atoms with E-state index in [1.807, 2.05) is 12.3 Å². The molecule has 0 bridgehead atoms. The molecule has 0 amide bonds. The maximum Gasteiger partial charge on any atom is 0.225 e. The first-order valence-electron chi connectivity index (χ1n) is 8.37. The Morgan fingerprint density at radius 3 is 2.71 bits per heavy atom. The molecule has 6 nitrogen and oxygen atoms in total. The fourth-order valence-corrected chi connectivity index (χ4v) is 3.63. The summed E-state index contributed by atoms with van der Waals surface area (Å²) in [5.74, 6) is 0.868. The molecule has 3 rings (SSSR count). The first kappa shape index (κ1) is 17.7. The highest BCUT2D eigenvalue weighted by Gasteiger charge is 2.19. The minimum atomic E-state index is -1.08. The van der Waals surface area contributed by atoms with Crippen LogP contribution < -0.4 is 4.90 Å². The van der Waals surface area contributed by atoms with Crippen LogP contribution in [0, 0.1) is 0 Å². The second-order valence-corrected chi connectivity index (χ2v) is 13.2. The largest absolute Gasteiger partial charge is 0.378 e. The van der Waals surface area contributed by atoms with Crippen LogP contribution >= 0.6 is 11.6 Å². The molecule has 3 heterocycles. The zero-order valence-corrected chi connectivity index (χ0v) is 16.3. The molecule has 0 spiro atoms. The zero-order chi connectivity index (χ0) is 17.2. The fraction of sp³-hybridized carbons (Fsp3) is 0.625. The molecule has 1 saturated heterocycles. The van der Waals surface area contributed by atoms with Crippen molar-refractivity contribution in [3.05, 3.63) is 17.5 Å². The Bertz CT molecular complexity index is 695. The maximum absolute atomic E-state index is 6.11. The van der Waals surface area contributed by atoms with E-state index < -0.39 is 8.07 Å². The predicted molar refractivity (Wildman–Crippen MR) is 99.7 cm³/mol. The van der Waals surface area contributed by atoms with Crippen molar-refractivity contribution in [2.24, 2.45) is 0 Å². The van der Waals surface area contributed by atoms with E-state index >= 15 is 0 Å². The predicted octanol–water partition coefficient (Wildman–Crippen LogP) is 3.23. The molecular formula is C16H25ClN4O2Si-. The van der Waals surface area contributed by atoms with Crippen LogP contribution in [-0.4, -0.2) is 55.5 Å². The molecule has 1 aliphatic rings. The quantitative estimate of drug-likeness (QED) is 0.445. The molecule has 8 heteroatoms. The van der Waals surface area contributed by atoms with E-state index in [2.05, 4.69) is 39.1 Å². The van der Waals surface area contributed by atoms with E-state index in [-0.39, 0.29) is 5.28 Å². The number of hydrogen-bond acceptors (Lipinski definition) is 5. The number of aromatic nitrogens is 3. The number of hydrogen-bond donors (Lipinski definition) is 0. The van der Waals surface area contributed by atoms with Crippen molar-refractivity contribution in [3.8, 4) is 0 Å². The number of halogens is 1. The van der Waals surface area contributed by atoms with Crippen LogP contribution in [0.4, 0.5) is 5.82 Å². The van der Waals surface area contributed by atoms with E-state index in [1.165, 1.54) is 0 Å². The average molecular weight is 369 g/mol. The molecule has 0 unspecified atom stereocenters. The Morgan fingerprint density at radius 2 is 2.00 bits per heavy atom. The summed E-state index contributed by atoms with van der Waals surface area (Å²) in [6, 6.07) is 3.12. The van der Waals surface area contributed by atoms with Crippen LogP contribution in [0.1, 0.15) is 0 Å². The monoisotopic (exact) mass is 368 g/mol. The Kier molecular flexibility index (Phi) is 5.44. The molecule has 0 N–H and O–H groups in total. The van der Waals surface area contributed by atoms with E-state index in [9.17, 15) is 0 Å². The first-order chi connectivity index (χ1) is 11.4. The third-order valence-corrected chi connectivity index (χ3v) is 5.98. The summed E-state index contributed by atoms with van der Waals surface area (Å²) in [5, 5.41) is 0.279. The third-order valence-electron chi connectivity index (χ3n) is 4.10. The highest BCUT2D eigenvalue weighted by Crippen LogP contribution is 2.27. The summed E-state index contributed by atoms with van der Waals surface area (Å²) in [4.78, 5) is 11.0. The van der Waals surface area contributed by atoms with Gasteiger partial charge < -0.3 is 18.9 Å². The SMILES string of the molecule is C[Si-](C)(C)CCOCn1ccc2nc(Cl)nc(N3CCOCC3)c21. The van der Waals surface area contributed by atoms with Crippen molar-refractivity contribution in [1.82, 2.24) is 14.5 Å². The average Bonchev–Trinajstić information content (AvgIpc) is 2.93. The van der Waals surface area contributed by atoms with E-state index in [4.69, 9.17) is 21.1 Å². The van der Waals surface area contributed by atoms with Crippen LogP contribution in [0.25, 0.3) is 11.0 Å². The Balaban J connectivity index is 1.81. The molecule has 0 aromatic carbocycles. The summed E-state index contributed by atoms with van der Waals surface area (Å²) < 4.78 is 13.4. The fourth-order valence-electron chi connectivity index (χ4n) is 2.70. The number of anilines is 1. The van der Waals surface area contributed by atoms with E-state index in [0.29, 0.717) is 19.9 Å². The van der Waals surface area contributed by atoms with Crippen LogP contribution in [0.2, 0.25) is 31.0 Å². The van der Waals surface area contributed by atoms with Gasteiger partial charge in [0.2, 0.25) is 5.28 Å².